The number of carboxylic acids is 1. The van der Waals surface area contributed by atoms with E-state index < -0.39 is 11.8 Å². The Bertz CT molecular complexity index is 1130. The van der Waals surface area contributed by atoms with Crippen LogP contribution in [0.1, 0.15) is 31.2 Å². The summed E-state index contributed by atoms with van der Waals surface area (Å²) < 4.78 is 18.5. The van der Waals surface area contributed by atoms with E-state index in [4.69, 9.17) is 9.84 Å². The molecule has 0 aliphatic heterocycles. The zero-order chi connectivity index (χ0) is 23.4. The molecule has 1 aromatic carbocycles. The van der Waals surface area contributed by atoms with Gasteiger partial charge in [0.25, 0.3) is 5.88 Å². The molecule has 9 heteroatoms. The number of halogens is 1. The number of pyridine rings is 1. The van der Waals surface area contributed by atoms with Gasteiger partial charge < -0.3 is 20.5 Å². The standard InChI is InChI=1S/C24H26FN5O3/c1-14-9-17(11-19(10-14)29-24-27-13-20(25)22(30-24)33-2)16-5-8-21(26-12-16)28-18-6-3-15(4-7-18)23(31)32/h5,8-13,15,18H,3-4,6-7H2,1-2H3,(H,26,28)(H,31,32)(H,27,29,30). The summed E-state index contributed by atoms with van der Waals surface area (Å²) in [5.74, 6) is -0.667. The van der Waals surface area contributed by atoms with Crippen LogP contribution in [0.15, 0.2) is 42.7 Å². The van der Waals surface area contributed by atoms with Gasteiger partial charge in [-0.2, -0.15) is 9.37 Å². The van der Waals surface area contributed by atoms with E-state index in [1.54, 1.807) is 6.20 Å². The van der Waals surface area contributed by atoms with Crippen LogP contribution in [-0.4, -0.2) is 39.2 Å². The molecule has 2 heterocycles. The highest BCUT2D eigenvalue weighted by atomic mass is 19.1. The number of hydrogen-bond donors (Lipinski definition) is 3. The molecule has 33 heavy (non-hydrogen) atoms. The highest BCUT2D eigenvalue weighted by Gasteiger charge is 2.25. The number of carbonyl (C=O) groups is 1. The van der Waals surface area contributed by atoms with Gasteiger partial charge in [0.05, 0.1) is 19.2 Å². The Morgan fingerprint density at radius 2 is 1.88 bits per heavy atom. The fraction of sp³-hybridized carbons (Fsp3) is 0.333. The number of methoxy groups -OCH3 is 1. The summed E-state index contributed by atoms with van der Waals surface area (Å²) in [6.07, 6.45) is 5.89. The second kappa shape index (κ2) is 9.81. The molecule has 0 amide bonds. The predicted molar refractivity (Wildman–Crippen MR) is 123 cm³/mol. The Labute approximate surface area is 191 Å². The van der Waals surface area contributed by atoms with E-state index in [-0.39, 0.29) is 23.8 Å². The van der Waals surface area contributed by atoms with Gasteiger partial charge in [-0.15, -0.1) is 0 Å². The van der Waals surface area contributed by atoms with Crippen molar-refractivity contribution in [3.05, 3.63) is 54.1 Å². The lowest BCUT2D eigenvalue weighted by Crippen LogP contribution is -2.29. The van der Waals surface area contributed by atoms with Gasteiger partial charge in [-0.1, -0.05) is 6.07 Å². The fourth-order valence-corrected chi connectivity index (χ4v) is 4.05. The van der Waals surface area contributed by atoms with Gasteiger partial charge in [-0.25, -0.2) is 9.97 Å². The summed E-state index contributed by atoms with van der Waals surface area (Å²) in [5, 5.41) is 15.6. The Morgan fingerprint density at radius 3 is 2.55 bits per heavy atom. The van der Waals surface area contributed by atoms with Crippen molar-refractivity contribution in [1.82, 2.24) is 15.0 Å². The molecule has 1 fully saturated rings. The minimum atomic E-state index is -0.701. The first-order valence-electron chi connectivity index (χ1n) is 10.8. The minimum absolute atomic E-state index is 0.121. The maximum atomic E-state index is 13.6. The van der Waals surface area contributed by atoms with Gasteiger partial charge in [0, 0.05) is 23.5 Å². The number of hydrogen-bond acceptors (Lipinski definition) is 7. The van der Waals surface area contributed by atoms with Crippen LogP contribution in [-0.2, 0) is 4.79 Å². The molecule has 3 N–H and O–H groups in total. The van der Waals surface area contributed by atoms with Crippen LogP contribution < -0.4 is 15.4 Å². The van der Waals surface area contributed by atoms with Crippen LogP contribution in [0.25, 0.3) is 11.1 Å². The number of anilines is 3. The molecular formula is C24H26FN5O3. The monoisotopic (exact) mass is 451 g/mol. The Morgan fingerprint density at radius 1 is 1.09 bits per heavy atom. The van der Waals surface area contributed by atoms with Crippen molar-refractivity contribution in [2.75, 3.05) is 17.7 Å². The maximum Gasteiger partial charge on any atom is 0.306 e. The molecule has 2 aromatic heterocycles. The zero-order valence-corrected chi connectivity index (χ0v) is 18.5. The van der Waals surface area contributed by atoms with E-state index in [0.29, 0.717) is 12.8 Å². The van der Waals surface area contributed by atoms with Crippen LogP contribution in [0, 0.1) is 18.7 Å². The molecule has 0 radical (unpaired) electrons. The number of aliphatic carboxylic acids is 1. The smallest absolute Gasteiger partial charge is 0.306 e. The van der Waals surface area contributed by atoms with Crippen molar-refractivity contribution in [2.24, 2.45) is 5.92 Å². The zero-order valence-electron chi connectivity index (χ0n) is 18.5. The van der Waals surface area contributed by atoms with Crippen molar-refractivity contribution in [2.45, 2.75) is 38.6 Å². The van der Waals surface area contributed by atoms with Crippen molar-refractivity contribution < 1.29 is 19.0 Å². The molecule has 1 aliphatic rings. The summed E-state index contributed by atoms with van der Waals surface area (Å²) in [6.45, 7) is 1.98. The normalized spacial score (nSPS) is 17.9. The Hall–Kier alpha value is -3.75. The molecule has 172 valence electrons. The third-order valence-electron chi connectivity index (χ3n) is 5.76. The van der Waals surface area contributed by atoms with Crippen LogP contribution in [0.3, 0.4) is 0 Å². The maximum absolute atomic E-state index is 13.6. The number of carboxylic acid groups (broad SMARTS) is 1. The van der Waals surface area contributed by atoms with Crippen LogP contribution in [0.4, 0.5) is 21.8 Å². The number of nitrogens with zero attached hydrogens (tertiary/aromatic N) is 3. The molecule has 1 saturated carbocycles. The molecule has 8 nitrogen and oxygen atoms in total. The van der Waals surface area contributed by atoms with E-state index in [9.17, 15) is 9.18 Å². The third-order valence-corrected chi connectivity index (χ3v) is 5.76. The minimum Gasteiger partial charge on any atom is -0.481 e. The fourth-order valence-electron chi connectivity index (χ4n) is 4.05. The SMILES string of the molecule is COc1nc(Nc2cc(C)cc(-c3ccc(NC4CCC(C(=O)O)CC4)nc3)c2)ncc1F. The third kappa shape index (κ3) is 5.54. The summed E-state index contributed by atoms with van der Waals surface area (Å²) >= 11 is 0. The number of aryl methyl sites for hydroxylation is 1. The molecule has 3 aromatic rings. The number of rotatable bonds is 7. The summed E-state index contributed by atoms with van der Waals surface area (Å²) in [5.41, 5.74) is 3.70. The van der Waals surface area contributed by atoms with E-state index in [1.165, 1.54) is 7.11 Å². The molecule has 1 aliphatic carbocycles. The van der Waals surface area contributed by atoms with E-state index in [1.807, 2.05) is 31.2 Å². The molecule has 0 bridgehead atoms. The molecular weight excluding hydrogens is 425 g/mol. The lowest BCUT2D eigenvalue weighted by molar-refractivity contribution is -0.142. The Kier molecular flexibility index (Phi) is 6.67. The largest absolute Gasteiger partial charge is 0.481 e. The van der Waals surface area contributed by atoms with Gasteiger partial charge in [-0.05, 0) is 68.0 Å². The summed E-state index contributed by atoms with van der Waals surface area (Å²) in [7, 11) is 1.35. The van der Waals surface area contributed by atoms with Gasteiger partial charge in [0.1, 0.15) is 5.82 Å². The topological polar surface area (TPSA) is 109 Å². The first-order chi connectivity index (χ1) is 15.9. The van der Waals surface area contributed by atoms with Gasteiger partial charge in [0.15, 0.2) is 0 Å². The van der Waals surface area contributed by atoms with E-state index >= 15 is 0 Å². The molecule has 0 spiro atoms. The first-order valence-corrected chi connectivity index (χ1v) is 10.8. The number of nitrogens with one attached hydrogen (secondary N) is 2. The van der Waals surface area contributed by atoms with Crippen molar-refractivity contribution in [1.29, 1.82) is 0 Å². The van der Waals surface area contributed by atoms with Gasteiger partial charge >= 0.3 is 5.97 Å². The average Bonchev–Trinajstić information content (AvgIpc) is 2.81. The number of aromatic nitrogens is 3. The van der Waals surface area contributed by atoms with E-state index in [2.05, 4.69) is 31.7 Å². The van der Waals surface area contributed by atoms with Crippen LogP contribution in [0.2, 0.25) is 0 Å². The first kappa shape index (κ1) is 22.4. The Balaban J connectivity index is 1.45. The van der Waals surface area contributed by atoms with Gasteiger partial charge in [-0.3, -0.25) is 4.79 Å². The van der Waals surface area contributed by atoms with Crippen molar-refractivity contribution >= 4 is 23.4 Å². The molecule has 0 saturated heterocycles. The van der Waals surface area contributed by atoms with Crippen LogP contribution in [0.5, 0.6) is 5.88 Å². The van der Waals surface area contributed by atoms with E-state index in [0.717, 1.165) is 47.2 Å². The quantitative estimate of drug-likeness (QED) is 0.470. The average molecular weight is 452 g/mol. The summed E-state index contributed by atoms with van der Waals surface area (Å²) in [6, 6.07) is 10.1. The molecule has 4 rings (SSSR count). The highest BCUT2D eigenvalue weighted by molar-refractivity contribution is 5.71. The van der Waals surface area contributed by atoms with Crippen molar-refractivity contribution in [3.8, 4) is 17.0 Å². The second-order valence-electron chi connectivity index (χ2n) is 8.23. The lowest BCUT2D eigenvalue weighted by Gasteiger charge is -2.27. The second-order valence-corrected chi connectivity index (χ2v) is 8.23. The lowest BCUT2D eigenvalue weighted by atomic mass is 9.86. The molecule has 0 atom stereocenters. The van der Waals surface area contributed by atoms with Gasteiger partial charge in [0.2, 0.25) is 11.8 Å². The van der Waals surface area contributed by atoms with Crippen LogP contribution >= 0.6 is 0 Å². The summed E-state index contributed by atoms with van der Waals surface area (Å²) in [4.78, 5) is 23.7. The molecule has 0 unspecified atom stereocenters. The van der Waals surface area contributed by atoms with Crippen molar-refractivity contribution in [3.63, 3.8) is 0 Å². The predicted octanol–water partition coefficient (Wildman–Crippen LogP) is 4.79. The number of ether oxygens (including phenoxy) is 1. The highest BCUT2D eigenvalue weighted by Crippen LogP contribution is 2.29. The number of benzene rings is 1.